The molecular formula is C15H16Cl3N3. The van der Waals surface area contributed by atoms with Crippen molar-refractivity contribution in [3.8, 4) is 0 Å². The number of aryl methyl sites for hydroxylation is 1. The zero-order valence-corrected chi connectivity index (χ0v) is 13.8. The minimum Gasteiger partial charge on any atom is -0.399 e. The molecule has 3 rings (SSSR count). The molecule has 112 valence electrons. The third kappa shape index (κ3) is 3.43. The molecule has 0 saturated heterocycles. The average Bonchev–Trinajstić information content (AvgIpc) is 2.68. The molecule has 0 radical (unpaired) electrons. The highest BCUT2D eigenvalue weighted by Gasteiger charge is 2.10. The first-order valence-corrected chi connectivity index (χ1v) is 6.47. The van der Waals surface area contributed by atoms with Crippen LogP contribution in [-0.4, -0.2) is 9.55 Å². The minimum atomic E-state index is 0. The zero-order chi connectivity index (χ0) is 13.4. The second-order valence-electron chi connectivity index (χ2n) is 4.60. The van der Waals surface area contributed by atoms with E-state index in [4.69, 9.17) is 17.3 Å². The van der Waals surface area contributed by atoms with Crippen molar-refractivity contribution in [1.29, 1.82) is 0 Å². The Morgan fingerprint density at radius 1 is 1.14 bits per heavy atom. The summed E-state index contributed by atoms with van der Waals surface area (Å²) in [4.78, 5) is 4.63. The fourth-order valence-corrected chi connectivity index (χ4v) is 2.44. The smallest absolute Gasteiger partial charge is 0.114 e. The molecule has 0 amide bonds. The summed E-state index contributed by atoms with van der Waals surface area (Å²) in [5.74, 6) is 0.980. The molecule has 1 aromatic heterocycles. The molecule has 2 aromatic carbocycles. The summed E-state index contributed by atoms with van der Waals surface area (Å²) in [6.07, 6.45) is 0.713. The van der Waals surface area contributed by atoms with E-state index in [0.29, 0.717) is 6.42 Å². The monoisotopic (exact) mass is 343 g/mol. The summed E-state index contributed by atoms with van der Waals surface area (Å²) in [5.41, 5.74) is 9.60. The van der Waals surface area contributed by atoms with E-state index in [2.05, 4.69) is 9.55 Å². The van der Waals surface area contributed by atoms with E-state index >= 15 is 0 Å². The molecule has 0 saturated carbocycles. The van der Waals surface area contributed by atoms with Crippen LogP contribution in [0, 0.1) is 0 Å². The van der Waals surface area contributed by atoms with Crippen LogP contribution in [0.1, 0.15) is 11.4 Å². The van der Waals surface area contributed by atoms with Gasteiger partial charge in [0.1, 0.15) is 5.82 Å². The Morgan fingerprint density at radius 2 is 1.86 bits per heavy atom. The predicted octanol–water partition coefficient (Wildman–Crippen LogP) is 4.24. The van der Waals surface area contributed by atoms with Crippen LogP contribution in [0.4, 0.5) is 5.69 Å². The fraction of sp³-hybridized carbons (Fsp3) is 0.133. The van der Waals surface area contributed by atoms with Gasteiger partial charge in [-0.15, -0.1) is 24.8 Å². The van der Waals surface area contributed by atoms with Crippen LogP contribution in [-0.2, 0) is 13.5 Å². The van der Waals surface area contributed by atoms with E-state index in [1.165, 1.54) is 0 Å². The SMILES string of the molecule is Cl.Cl.Cn1c(Cc2ccccc2Cl)nc2cc(N)ccc21. The van der Waals surface area contributed by atoms with Crippen molar-refractivity contribution in [2.75, 3.05) is 5.73 Å². The van der Waals surface area contributed by atoms with Gasteiger partial charge < -0.3 is 10.3 Å². The zero-order valence-electron chi connectivity index (χ0n) is 11.4. The summed E-state index contributed by atoms with van der Waals surface area (Å²) in [6.45, 7) is 0. The third-order valence-electron chi connectivity index (χ3n) is 3.30. The fourth-order valence-electron chi connectivity index (χ4n) is 2.24. The molecule has 0 aliphatic heterocycles. The average molecular weight is 345 g/mol. The van der Waals surface area contributed by atoms with Crippen LogP contribution in [0.5, 0.6) is 0 Å². The highest BCUT2D eigenvalue weighted by atomic mass is 35.5. The topological polar surface area (TPSA) is 43.8 Å². The first kappa shape index (κ1) is 17.6. The Balaban J connectivity index is 0.00000110. The number of benzene rings is 2. The lowest BCUT2D eigenvalue weighted by molar-refractivity contribution is 0.845. The number of aromatic nitrogens is 2. The van der Waals surface area contributed by atoms with Crippen molar-refractivity contribution in [1.82, 2.24) is 9.55 Å². The Hall–Kier alpha value is -1.42. The molecular weight excluding hydrogens is 329 g/mol. The Kier molecular flexibility index (Phi) is 5.90. The second kappa shape index (κ2) is 7.03. The molecule has 0 spiro atoms. The van der Waals surface area contributed by atoms with Gasteiger partial charge in [-0.3, -0.25) is 0 Å². The van der Waals surface area contributed by atoms with Crippen LogP contribution >= 0.6 is 36.4 Å². The van der Waals surface area contributed by atoms with Gasteiger partial charge in [-0.25, -0.2) is 4.98 Å². The van der Waals surface area contributed by atoms with Gasteiger partial charge in [0.15, 0.2) is 0 Å². The van der Waals surface area contributed by atoms with Crippen molar-refractivity contribution < 1.29 is 0 Å². The van der Waals surface area contributed by atoms with E-state index in [1.807, 2.05) is 49.5 Å². The highest BCUT2D eigenvalue weighted by molar-refractivity contribution is 6.31. The van der Waals surface area contributed by atoms with Gasteiger partial charge in [-0.2, -0.15) is 0 Å². The van der Waals surface area contributed by atoms with Gasteiger partial charge in [0.2, 0.25) is 0 Å². The molecule has 21 heavy (non-hydrogen) atoms. The lowest BCUT2D eigenvalue weighted by Gasteiger charge is -2.04. The number of nitrogen functional groups attached to an aromatic ring is 1. The van der Waals surface area contributed by atoms with Crippen molar-refractivity contribution in [2.45, 2.75) is 6.42 Å². The van der Waals surface area contributed by atoms with E-state index in [9.17, 15) is 0 Å². The van der Waals surface area contributed by atoms with Crippen LogP contribution in [0.25, 0.3) is 11.0 Å². The number of anilines is 1. The molecule has 0 atom stereocenters. The van der Waals surface area contributed by atoms with Crippen molar-refractivity contribution in [3.63, 3.8) is 0 Å². The third-order valence-corrected chi connectivity index (χ3v) is 3.67. The van der Waals surface area contributed by atoms with Crippen molar-refractivity contribution >= 4 is 53.1 Å². The Morgan fingerprint density at radius 3 is 2.57 bits per heavy atom. The van der Waals surface area contributed by atoms with E-state index in [1.54, 1.807) is 0 Å². The number of hydrogen-bond acceptors (Lipinski definition) is 2. The molecule has 1 heterocycles. The van der Waals surface area contributed by atoms with Crippen LogP contribution in [0.3, 0.4) is 0 Å². The van der Waals surface area contributed by atoms with Crippen molar-refractivity contribution in [2.24, 2.45) is 7.05 Å². The summed E-state index contributed by atoms with van der Waals surface area (Å²) >= 11 is 6.19. The maximum Gasteiger partial charge on any atom is 0.114 e. The Labute approximate surface area is 140 Å². The summed E-state index contributed by atoms with van der Waals surface area (Å²) in [7, 11) is 2.01. The number of fused-ring (bicyclic) bond motifs is 1. The normalized spacial score (nSPS) is 10.0. The molecule has 3 nitrogen and oxygen atoms in total. The van der Waals surface area contributed by atoms with Gasteiger partial charge >= 0.3 is 0 Å². The number of nitrogens with zero attached hydrogens (tertiary/aromatic N) is 2. The van der Waals surface area contributed by atoms with Crippen LogP contribution in [0.15, 0.2) is 42.5 Å². The van der Waals surface area contributed by atoms with Crippen LogP contribution < -0.4 is 5.73 Å². The van der Waals surface area contributed by atoms with Crippen molar-refractivity contribution in [3.05, 3.63) is 58.9 Å². The summed E-state index contributed by atoms with van der Waals surface area (Å²) in [5, 5.41) is 0.772. The Bertz CT molecular complexity index is 753. The van der Waals surface area contributed by atoms with E-state index < -0.39 is 0 Å². The van der Waals surface area contributed by atoms with Gasteiger partial charge in [0.25, 0.3) is 0 Å². The highest BCUT2D eigenvalue weighted by Crippen LogP contribution is 2.22. The lowest BCUT2D eigenvalue weighted by Crippen LogP contribution is -1.99. The lowest BCUT2D eigenvalue weighted by atomic mass is 10.1. The van der Waals surface area contributed by atoms with E-state index in [0.717, 1.165) is 33.1 Å². The number of rotatable bonds is 2. The predicted molar refractivity (Wildman–Crippen MR) is 93.9 cm³/mol. The van der Waals surface area contributed by atoms with Gasteiger partial charge in [0.05, 0.1) is 11.0 Å². The number of hydrogen-bond donors (Lipinski definition) is 1. The molecule has 0 aliphatic rings. The van der Waals surface area contributed by atoms with Gasteiger partial charge in [-0.05, 0) is 29.8 Å². The quantitative estimate of drug-likeness (QED) is 0.707. The molecule has 2 N–H and O–H groups in total. The summed E-state index contributed by atoms with van der Waals surface area (Å²) in [6, 6.07) is 13.6. The maximum atomic E-state index is 6.19. The van der Waals surface area contributed by atoms with E-state index in [-0.39, 0.29) is 24.8 Å². The molecule has 0 aliphatic carbocycles. The number of halogens is 3. The molecule has 0 fully saturated rings. The van der Waals surface area contributed by atoms with Gasteiger partial charge in [0, 0.05) is 24.2 Å². The molecule has 3 aromatic rings. The molecule has 6 heteroatoms. The number of nitrogens with two attached hydrogens (primary N) is 1. The van der Waals surface area contributed by atoms with Crippen LogP contribution in [0.2, 0.25) is 5.02 Å². The second-order valence-corrected chi connectivity index (χ2v) is 5.01. The summed E-state index contributed by atoms with van der Waals surface area (Å²) < 4.78 is 2.08. The first-order valence-electron chi connectivity index (χ1n) is 6.09. The maximum absolute atomic E-state index is 6.19. The van der Waals surface area contributed by atoms with Gasteiger partial charge in [-0.1, -0.05) is 29.8 Å². The number of imidazole rings is 1. The molecule has 0 unspecified atom stereocenters. The largest absolute Gasteiger partial charge is 0.399 e. The minimum absolute atomic E-state index is 0. The molecule has 0 bridgehead atoms. The first-order chi connectivity index (χ1) is 9.15. The standard InChI is InChI=1S/C15H14ClN3.2ClH/c1-19-14-7-6-11(17)9-13(14)18-15(19)8-10-4-2-3-5-12(10)16;;/h2-7,9H,8,17H2,1H3;2*1H.